The molecule has 0 spiro atoms. The zero-order valence-electron chi connectivity index (χ0n) is 8.01. The molecule has 0 N–H and O–H groups in total. The SMILES string of the molecule is C1=CCC2CC[CH-]C2=C1.[CH3-].[CH3-].[Hf]. The van der Waals surface area contributed by atoms with Gasteiger partial charge in [-0.05, 0) is 12.3 Å². The van der Waals surface area contributed by atoms with E-state index in [0.29, 0.717) is 0 Å². The van der Waals surface area contributed by atoms with E-state index in [1.165, 1.54) is 19.3 Å². The van der Waals surface area contributed by atoms with E-state index in [1.807, 2.05) is 0 Å². The summed E-state index contributed by atoms with van der Waals surface area (Å²) in [5.74, 6) is 0.884. The second-order valence-electron chi connectivity index (χ2n) is 2.81. The Morgan fingerprint density at radius 2 is 2.08 bits per heavy atom. The van der Waals surface area contributed by atoms with Crippen molar-refractivity contribution in [2.45, 2.75) is 19.3 Å². The molecule has 12 heavy (non-hydrogen) atoms. The van der Waals surface area contributed by atoms with E-state index >= 15 is 0 Å². The van der Waals surface area contributed by atoms with Crippen molar-refractivity contribution in [3.63, 3.8) is 0 Å². The van der Waals surface area contributed by atoms with Crippen molar-refractivity contribution >= 4 is 0 Å². The number of allylic oxidation sites excluding steroid dienone is 4. The van der Waals surface area contributed by atoms with Crippen molar-refractivity contribution in [1.29, 1.82) is 0 Å². The molecule has 1 heteroatoms. The molecular weight excluding hydrogens is 311 g/mol. The van der Waals surface area contributed by atoms with Gasteiger partial charge in [-0.3, -0.25) is 0 Å². The fourth-order valence-electron chi connectivity index (χ4n) is 1.66. The summed E-state index contributed by atoms with van der Waals surface area (Å²) in [6.07, 6.45) is 13.0. The van der Waals surface area contributed by atoms with Gasteiger partial charge in [0.25, 0.3) is 0 Å². The van der Waals surface area contributed by atoms with E-state index in [9.17, 15) is 0 Å². The van der Waals surface area contributed by atoms with Crippen LogP contribution in [0.1, 0.15) is 19.3 Å². The Morgan fingerprint density at radius 3 is 2.75 bits per heavy atom. The molecule has 1 unspecified atom stereocenters. The summed E-state index contributed by atoms with van der Waals surface area (Å²) in [5.41, 5.74) is 1.58. The predicted molar refractivity (Wildman–Crippen MR) is 51.7 cm³/mol. The molecule has 0 aromatic carbocycles. The third-order valence-electron chi connectivity index (χ3n) is 2.21. The second-order valence-corrected chi connectivity index (χ2v) is 2.81. The minimum atomic E-state index is 0. The van der Waals surface area contributed by atoms with Gasteiger partial charge in [0.15, 0.2) is 0 Å². The third-order valence-corrected chi connectivity index (χ3v) is 2.21. The van der Waals surface area contributed by atoms with Gasteiger partial charge in [0.1, 0.15) is 0 Å². The minimum absolute atomic E-state index is 0. The summed E-state index contributed by atoms with van der Waals surface area (Å²) in [4.78, 5) is 0. The Balaban J connectivity index is 0. The first-order chi connectivity index (χ1) is 4.47. The average molecular weight is 328 g/mol. The third kappa shape index (κ3) is 2.93. The Labute approximate surface area is 95.9 Å². The van der Waals surface area contributed by atoms with Crippen LogP contribution in [0.15, 0.2) is 23.8 Å². The summed E-state index contributed by atoms with van der Waals surface area (Å²) in [5, 5.41) is 0. The van der Waals surface area contributed by atoms with Crippen molar-refractivity contribution in [1.82, 2.24) is 0 Å². The van der Waals surface area contributed by atoms with E-state index in [1.54, 1.807) is 5.57 Å². The van der Waals surface area contributed by atoms with E-state index in [0.717, 1.165) is 5.92 Å². The summed E-state index contributed by atoms with van der Waals surface area (Å²) >= 11 is 0. The Kier molecular flexibility index (Phi) is 8.23. The number of fused-ring (bicyclic) bond motifs is 1. The maximum absolute atomic E-state index is 2.37. The monoisotopic (exact) mass is 329 g/mol. The van der Waals surface area contributed by atoms with E-state index < -0.39 is 0 Å². The molecule has 2 aliphatic rings. The van der Waals surface area contributed by atoms with Crippen LogP contribution < -0.4 is 0 Å². The summed E-state index contributed by atoms with van der Waals surface area (Å²) in [7, 11) is 0. The topological polar surface area (TPSA) is 0 Å². The van der Waals surface area contributed by atoms with Crippen LogP contribution in [-0.4, -0.2) is 0 Å². The van der Waals surface area contributed by atoms with Crippen molar-refractivity contribution < 1.29 is 25.8 Å². The van der Waals surface area contributed by atoms with Crippen molar-refractivity contribution in [3.05, 3.63) is 45.1 Å². The smallest absolute Gasteiger partial charge is 0 e. The van der Waals surface area contributed by atoms with E-state index in [4.69, 9.17) is 0 Å². The Hall–Kier alpha value is 0.220. The quantitative estimate of drug-likeness (QED) is 0.472. The second kappa shape index (κ2) is 6.71. The molecule has 0 saturated heterocycles. The van der Waals surface area contributed by atoms with Gasteiger partial charge in [0, 0.05) is 25.8 Å². The number of hydrogen-bond acceptors (Lipinski definition) is 0. The van der Waals surface area contributed by atoms with Crippen LogP contribution in [-0.2, 0) is 25.8 Å². The fraction of sp³-hybridized carbons (Fsp3) is 0.364. The standard InChI is InChI=1S/C9H11.2CH3.Hf/c1-2-5-9-7-3-6-8(9)4-1;;;/h1-2,4,6,9H,3,5,7H2;2*1H3;/q3*-1;. The first kappa shape index (κ1) is 14.7. The molecule has 1 atom stereocenters. The number of hydrogen-bond donors (Lipinski definition) is 0. The molecular formula is C11H17Hf-3. The predicted octanol–water partition coefficient (Wildman–Crippen LogP) is 3.39. The van der Waals surface area contributed by atoms with Crippen LogP contribution in [0.3, 0.4) is 0 Å². The molecule has 0 bridgehead atoms. The van der Waals surface area contributed by atoms with Crippen molar-refractivity contribution in [2.24, 2.45) is 5.92 Å². The summed E-state index contributed by atoms with van der Waals surface area (Å²) in [6, 6.07) is 0. The molecule has 0 aromatic heterocycles. The zero-order valence-corrected chi connectivity index (χ0v) is 11.6. The molecule has 68 valence electrons. The summed E-state index contributed by atoms with van der Waals surface area (Å²) in [6.45, 7) is 0. The average Bonchev–Trinajstić information content (AvgIpc) is 2.33. The van der Waals surface area contributed by atoms with Crippen molar-refractivity contribution in [2.75, 3.05) is 0 Å². The van der Waals surface area contributed by atoms with Crippen LogP contribution in [0.2, 0.25) is 0 Å². The minimum Gasteiger partial charge on any atom is -0.358 e. The van der Waals surface area contributed by atoms with Gasteiger partial charge in [-0.25, -0.2) is 18.1 Å². The molecule has 2 rings (SSSR count). The molecule has 2 aliphatic carbocycles. The molecule has 1 fully saturated rings. The molecule has 0 heterocycles. The van der Waals surface area contributed by atoms with Crippen molar-refractivity contribution in [3.8, 4) is 0 Å². The first-order valence-electron chi connectivity index (χ1n) is 3.67. The van der Waals surface area contributed by atoms with Gasteiger partial charge in [-0.2, -0.15) is 0 Å². The molecule has 0 radical (unpaired) electrons. The fourth-order valence-corrected chi connectivity index (χ4v) is 1.66. The van der Waals surface area contributed by atoms with Gasteiger partial charge in [0.05, 0.1) is 0 Å². The van der Waals surface area contributed by atoms with Gasteiger partial charge in [0.2, 0.25) is 0 Å². The van der Waals surface area contributed by atoms with Gasteiger partial charge < -0.3 is 14.9 Å². The maximum atomic E-state index is 2.37. The van der Waals surface area contributed by atoms with E-state index in [-0.39, 0.29) is 40.7 Å². The Morgan fingerprint density at radius 1 is 1.33 bits per heavy atom. The van der Waals surface area contributed by atoms with Crippen LogP contribution in [0.4, 0.5) is 0 Å². The van der Waals surface area contributed by atoms with Gasteiger partial charge >= 0.3 is 0 Å². The normalized spacial score (nSPS) is 23.3. The van der Waals surface area contributed by atoms with Gasteiger partial charge in [-0.15, -0.1) is 18.6 Å². The molecule has 0 amide bonds. The number of rotatable bonds is 0. The zero-order chi connectivity index (χ0) is 6.10. The van der Waals surface area contributed by atoms with Crippen LogP contribution in [0, 0.1) is 27.2 Å². The molecule has 0 aliphatic heterocycles. The van der Waals surface area contributed by atoms with Crippen LogP contribution in [0.25, 0.3) is 0 Å². The van der Waals surface area contributed by atoms with Crippen LogP contribution in [0.5, 0.6) is 0 Å². The van der Waals surface area contributed by atoms with Gasteiger partial charge in [-0.1, -0.05) is 6.42 Å². The Bertz CT molecular complexity index is 168. The summed E-state index contributed by atoms with van der Waals surface area (Å²) < 4.78 is 0. The largest absolute Gasteiger partial charge is 0.358 e. The molecule has 1 saturated carbocycles. The molecule has 0 nitrogen and oxygen atoms in total. The molecule has 0 aromatic rings. The maximum Gasteiger partial charge on any atom is 0 e. The first-order valence-corrected chi connectivity index (χ1v) is 3.67. The van der Waals surface area contributed by atoms with E-state index in [2.05, 4.69) is 24.6 Å². The van der Waals surface area contributed by atoms with Crippen LogP contribution >= 0.6 is 0 Å².